The molecule has 1 unspecified atom stereocenters. The van der Waals surface area contributed by atoms with Gasteiger partial charge in [0.15, 0.2) is 12.4 Å². The van der Waals surface area contributed by atoms with Crippen molar-refractivity contribution >= 4 is 34.8 Å². The number of aryl methyl sites for hydroxylation is 1. The maximum Gasteiger partial charge on any atom is 0.342 e. The van der Waals surface area contributed by atoms with Crippen molar-refractivity contribution in [2.75, 3.05) is 25.4 Å². The normalized spacial score (nSPS) is 15.7. The van der Waals surface area contributed by atoms with E-state index in [1.165, 1.54) is 24.3 Å². The van der Waals surface area contributed by atoms with Crippen molar-refractivity contribution in [1.82, 2.24) is 14.9 Å². The highest BCUT2D eigenvalue weighted by atomic mass is 19.1. The summed E-state index contributed by atoms with van der Waals surface area (Å²) in [6, 6.07) is 5.28. The van der Waals surface area contributed by atoms with Crippen LogP contribution in [-0.4, -0.2) is 52.4 Å². The summed E-state index contributed by atoms with van der Waals surface area (Å²) in [6.07, 6.45) is 1.19. The second-order valence-electron chi connectivity index (χ2n) is 8.16. The number of nitrogen functional groups attached to an aromatic ring is 1. The van der Waals surface area contributed by atoms with Crippen molar-refractivity contribution in [3.63, 3.8) is 0 Å². The molecule has 2 N–H and O–H groups in total. The summed E-state index contributed by atoms with van der Waals surface area (Å²) in [4.78, 5) is 47.6. The lowest BCUT2D eigenvalue weighted by molar-refractivity contribution is -0.151. The van der Waals surface area contributed by atoms with Gasteiger partial charge in [0.1, 0.15) is 23.0 Å². The fourth-order valence-corrected chi connectivity index (χ4v) is 4.08. The van der Waals surface area contributed by atoms with Gasteiger partial charge in [-0.15, -0.1) is 0 Å². The van der Waals surface area contributed by atoms with Crippen molar-refractivity contribution in [2.24, 2.45) is 5.92 Å². The van der Waals surface area contributed by atoms with Crippen molar-refractivity contribution in [2.45, 2.75) is 33.3 Å². The second kappa shape index (κ2) is 10.1. The summed E-state index contributed by atoms with van der Waals surface area (Å²) < 4.78 is 29.2. The third kappa shape index (κ3) is 5.08. The molecule has 0 aliphatic carbocycles. The van der Waals surface area contributed by atoms with Crippen LogP contribution in [0.1, 0.15) is 52.1 Å². The number of likely N-dealkylation sites (tertiary alicyclic amines) is 1. The second-order valence-corrected chi connectivity index (χ2v) is 8.16. The predicted molar refractivity (Wildman–Crippen MR) is 122 cm³/mol. The van der Waals surface area contributed by atoms with E-state index in [4.69, 9.17) is 19.6 Å². The molecular weight excluding hydrogens is 459 g/mol. The Balaban J connectivity index is 1.42. The topological polar surface area (TPSA) is 138 Å². The van der Waals surface area contributed by atoms with Gasteiger partial charge in [0.05, 0.1) is 17.9 Å². The van der Waals surface area contributed by atoms with Crippen LogP contribution in [0.4, 0.5) is 10.2 Å². The zero-order valence-corrected chi connectivity index (χ0v) is 19.4. The Morgan fingerprint density at radius 1 is 1.20 bits per heavy atom. The summed E-state index contributed by atoms with van der Waals surface area (Å²) in [5.41, 5.74) is 6.66. The molecule has 1 aliphatic heterocycles. The number of esters is 2. The Kier molecular flexibility index (Phi) is 6.94. The number of carbonyl (C=O) groups excluding carboxylic acids is 3. The van der Waals surface area contributed by atoms with Crippen molar-refractivity contribution in [3.8, 4) is 0 Å². The molecule has 3 aromatic rings. The van der Waals surface area contributed by atoms with Gasteiger partial charge >= 0.3 is 11.9 Å². The Labute approximate surface area is 200 Å². The van der Waals surface area contributed by atoms with Gasteiger partial charge in [-0.3, -0.25) is 9.59 Å². The molecule has 10 nitrogen and oxygen atoms in total. The molecule has 0 bridgehead atoms. The van der Waals surface area contributed by atoms with Gasteiger partial charge in [0.2, 0.25) is 5.71 Å². The summed E-state index contributed by atoms with van der Waals surface area (Å²) in [6.45, 7) is 3.90. The highest BCUT2D eigenvalue weighted by Crippen LogP contribution is 2.29. The SMILES string of the molecule is CCOC(=O)c1c(C)oc2nc(COC(=O)C3CCCN(C(=O)c4ccc(F)cc4)C3)nc(N)c12. The molecule has 2 aromatic heterocycles. The monoisotopic (exact) mass is 484 g/mol. The predicted octanol–water partition coefficient (Wildman–Crippen LogP) is 3.02. The van der Waals surface area contributed by atoms with E-state index in [0.29, 0.717) is 30.7 Å². The third-order valence-electron chi connectivity index (χ3n) is 5.76. The minimum atomic E-state index is -0.588. The van der Waals surface area contributed by atoms with E-state index >= 15 is 0 Å². The average Bonchev–Trinajstić information content (AvgIpc) is 3.19. The molecule has 11 heteroatoms. The van der Waals surface area contributed by atoms with Gasteiger partial charge in [-0.05, 0) is 51.0 Å². The number of piperidine rings is 1. The van der Waals surface area contributed by atoms with Crippen molar-refractivity contribution < 1.29 is 32.7 Å². The molecule has 35 heavy (non-hydrogen) atoms. The molecular formula is C24H25FN4O6. The molecule has 1 saturated heterocycles. The van der Waals surface area contributed by atoms with Gasteiger partial charge < -0.3 is 24.5 Å². The first kappa shape index (κ1) is 24.1. The highest BCUT2D eigenvalue weighted by Gasteiger charge is 2.30. The average molecular weight is 484 g/mol. The van der Waals surface area contributed by atoms with Crippen molar-refractivity contribution in [1.29, 1.82) is 0 Å². The van der Waals surface area contributed by atoms with E-state index < -0.39 is 23.7 Å². The van der Waals surface area contributed by atoms with Crippen molar-refractivity contribution in [3.05, 3.63) is 52.8 Å². The van der Waals surface area contributed by atoms with Gasteiger partial charge in [0.25, 0.3) is 5.91 Å². The maximum atomic E-state index is 13.2. The van der Waals surface area contributed by atoms with E-state index in [1.54, 1.807) is 18.7 Å². The molecule has 1 atom stereocenters. The first-order chi connectivity index (χ1) is 16.8. The zero-order valence-electron chi connectivity index (χ0n) is 19.4. The van der Waals surface area contributed by atoms with Gasteiger partial charge in [-0.25, -0.2) is 14.2 Å². The first-order valence-electron chi connectivity index (χ1n) is 11.2. The Morgan fingerprint density at radius 2 is 1.94 bits per heavy atom. The number of nitrogens with two attached hydrogens (primary N) is 1. The smallest absolute Gasteiger partial charge is 0.342 e. The number of rotatable bonds is 6. The van der Waals surface area contributed by atoms with E-state index in [2.05, 4.69) is 9.97 Å². The van der Waals surface area contributed by atoms with Crippen LogP contribution in [0.15, 0.2) is 28.7 Å². The lowest BCUT2D eigenvalue weighted by atomic mass is 9.97. The highest BCUT2D eigenvalue weighted by molar-refractivity contribution is 6.07. The number of amides is 1. The number of hydrogen-bond donors (Lipinski definition) is 1. The maximum absolute atomic E-state index is 13.2. The fourth-order valence-electron chi connectivity index (χ4n) is 4.08. The Morgan fingerprint density at radius 3 is 2.66 bits per heavy atom. The van der Waals surface area contributed by atoms with Crippen LogP contribution in [0.25, 0.3) is 11.1 Å². The summed E-state index contributed by atoms with van der Waals surface area (Å²) in [7, 11) is 0. The molecule has 1 aromatic carbocycles. The van der Waals surface area contributed by atoms with Crippen LogP contribution in [0.3, 0.4) is 0 Å². The number of carbonyl (C=O) groups is 3. The Hall–Kier alpha value is -4.02. The van der Waals surface area contributed by atoms with E-state index in [0.717, 1.165) is 0 Å². The van der Waals surface area contributed by atoms with Gasteiger partial charge in [-0.1, -0.05) is 0 Å². The quantitative estimate of drug-likeness (QED) is 0.523. The molecule has 3 heterocycles. The molecule has 4 rings (SSSR count). The molecule has 1 amide bonds. The molecule has 1 aliphatic rings. The number of ether oxygens (including phenoxy) is 2. The first-order valence-corrected chi connectivity index (χ1v) is 11.2. The fraction of sp³-hybridized carbons (Fsp3) is 0.375. The van der Waals surface area contributed by atoms with E-state index in [1.807, 2.05) is 0 Å². The minimum absolute atomic E-state index is 0.00897. The molecule has 0 saturated carbocycles. The van der Waals surface area contributed by atoms with Crippen LogP contribution >= 0.6 is 0 Å². The summed E-state index contributed by atoms with van der Waals surface area (Å²) in [5, 5.41) is 0.248. The summed E-state index contributed by atoms with van der Waals surface area (Å²) >= 11 is 0. The van der Waals surface area contributed by atoms with Crippen LogP contribution in [0.2, 0.25) is 0 Å². The van der Waals surface area contributed by atoms with Crippen LogP contribution in [-0.2, 0) is 20.9 Å². The molecule has 184 valence electrons. The van der Waals surface area contributed by atoms with Crippen LogP contribution in [0, 0.1) is 18.7 Å². The number of halogens is 1. The number of furan rings is 1. The summed E-state index contributed by atoms with van der Waals surface area (Å²) in [5.74, 6) is -1.88. The lowest BCUT2D eigenvalue weighted by Gasteiger charge is -2.31. The standard InChI is InChI=1S/C24H25FN4O6/c1-3-33-24(32)18-13(2)35-21-19(18)20(26)27-17(28-21)12-34-23(31)15-5-4-10-29(11-15)22(30)14-6-8-16(25)9-7-14/h6-9,15H,3-5,10-12H2,1-2H3,(H2,26,27,28). The molecule has 0 radical (unpaired) electrons. The number of nitrogens with zero attached hydrogens (tertiary/aromatic N) is 3. The van der Waals surface area contributed by atoms with E-state index in [9.17, 15) is 18.8 Å². The molecule has 0 spiro atoms. The van der Waals surface area contributed by atoms with Gasteiger partial charge in [-0.2, -0.15) is 4.98 Å². The third-order valence-corrected chi connectivity index (χ3v) is 5.76. The number of fused-ring (bicyclic) bond motifs is 1. The number of aromatic nitrogens is 2. The van der Waals surface area contributed by atoms with E-state index in [-0.39, 0.29) is 54.0 Å². The minimum Gasteiger partial charge on any atom is -0.462 e. The molecule has 1 fully saturated rings. The zero-order chi connectivity index (χ0) is 25.1. The van der Waals surface area contributed by atoms with Gasteiger partial charge in [0, 0.05) is 18.7 Å². The number of anilines is 1. The Bertz CT molecular complexity index is 1270. The lowest BCUT2D eigenvalue weighted by Crippen LogP contribution is -2.42. The largest absolute Gasteiger partial charge is 0.462 e. The van der Waals surface area contributed by atoms with Crippen LogP contribution in [0.5, 0.6) is 0 Å². The number of hydrogen-bond acceptors (Lipinski definition) is 9. The number of benzene rings is 1. The van der Waals surface area contributed by atoms with Crippen LogP contribution < -0.4 is 5.73 Å².